The lowest BCUT2D eigenvalue weighted by atomic mass is 10.2. The van der Waals surface area contributed by atoms with Gasteiger partial charge in [0.05, 0.1) is 0 Å². The van der Waals surface area contributed by atoms with Gasteiger partial charge in [-0.2, -0.15) is 13.2 Å². The monoisotopic (exact) mass is 208 g/mol. The highest BCUT2D eigenvalue weighted by atomic mass is 19.4. The summed E-state index contributed by atoms with van der Waals surface area (Å²) in [5.74, 6) is 0. The summed E-state index contributed by atoms with van der Waals surface area (Å²) in [6.07, 6.45) is -1.54. The summed E-state index contributed by atoms with van der Waals surface area (Å²) >= 11 is 0. The van der Waals surface area contributed by atoms with E-state index in [1.807, 2.05) is 0 Å². The van der Waals surface area contributed by atoms with E-state index in [9.17, 15) is 13.2 Å². The molecule has 2 nitrogen and oxygen atoms in total. The molecule has 2 fully saturated rings. The Morgan fingerprint density at radius 2 is 2.07 bits per heavy atom. The quantitative estimate of drug-likeness (QED) is 0.733. The highest BCUT2D eigenvalue weighted by Gasteiger charge is 2.63. The second-order valence-electron chi connectivity index (χ2n) is 4.25. The normalized spacial score (nSPS) is 30.6. The van der Waals surface area contributed by atoms with Crippen molar-refractivity contribution in [3.05, 3.63) is 0 Å². The number of nitrogens with one attached hydrogen (secondary N) is 2. The minimum atomic E-state index is -4.08. The van der Waals surface area contributed by atoms with Gasteiger partial charge < -0.3 is 10.6 Å². The fourth-order valence-corrected chi connectivity index (χ4v) is 1.93. The SMILES string of the molecule is FC(F)(F)C1(NCC2CCCN2)CC1. The maximum atomic E-state index is 12.5. The summed E-state index contributed by atoms with van der Waals surface area (Å²) in [6.45, 7) is 1.38. The highest BCUT2D eigenvalue weighted by molar-refractivity contribution is 5.08. The van der Waals surface area contributed by atoms with Gasteiger partial charge in [0.25, 0.3) is 0 Å². The maximum Gasteiger partial charge on any atom is 0.406 e. The number of rotatable bonds is 3. The molecule has 2 N–H and O–H groups in total. The fourth-order valence-electron chi connectivity index (χ4n) is 1.93. The van der Waals surface area contributed by atoms with Crippen molar-refractivity contribution < 1.29 is 13.2 Å². The van der Waals surface area contributed by atoms with Crippen LogP contribution < -0.4 is 10.6 Å². The standard InChI is InChI=1S/C9H15F3N2/c10-9(11,12)8(3-4-8)14-6-7-2-1-5-13-7/h7,13-14H,1-6H2. The molecule has 0 bridgehead atoms. The van der Waals surface area contributed by atoms with Gasteiger partial charge in [-0.15, -0.1) is 0 Å². The minimum absolute atomic E-state index is 0.231. The van der Waals surface area contributed by atoms with Gasteiger partial charge in [-0.1, -0.05) is 0 Å². The third kappa shape index (κ3) is 1.88. The molecule has 1 saturated heterocycles. The van der Waals surface area contributed by atoms with Gasteiger partial charge >= 0.3 is 6.18 Å². The molecule has 1 atom stereocenters. The molecule has 1 aliphatic carbocycles. The number of halogens is 3. The van der Waals surface area contributed by atoms with Crippen LogP contribution in [0.3, 0.4) is 0 Å². The Balaban J connectivity index is 1.80. The van der Waals surface area contributed by atoms with Gasteiger partial charge in [0, 0.05) is 12.6 Å². The van der Waals surface area contributed by atoms with Crippen LogP contribution in [0.25, 0.3) is 0 Å². The Hall–Kier alpha value is -0.290. The van der Waals surface area contributed by atoms with E-state index >= 15 is 0 Å². The Labute approximate surface area is 81.2 Å². The zero-order valence-corrected chi connectivity index (χ0v) is 7.95. The summed E-state index contributed by atoms with van der Waals surface area (Å²) in [7, 11) is 0. The van der Waals surface area contributed by atoms with E-state index in [1.165, 1.54) is 0 Å². The van der Waals surface area contributed by atoms with Crippen LogP contribution in [0.15, 0.2) is 0 Å². The zero-order valence-electron chi connectivity index (χ0n) is 7.95. The van der Waals surface area contributed by atoms with Crippen LogP contribution in [0.5, 0.6) is 0 Å². The summed E-state index contributed by atoms with van der Waals surface area (Å²) < 4.78 is 37.5. The van der Waals surface area contributed by atoms with Crippen molar-refractivity contribution in [2.24, 2.45) is 0 Å². The highest BCUT2D eigenvalue weighted by Crippen LogP contribution is 2.48. The van der Waals surface area contributed by atoms with E-state index < -0.39 is 11.7 Å². The van der Waals surface area contributed by atoms with Crippen LogP contribution in [0.1, 0.15) is 25.7 Å². The second-order valence-corrected chi connectivity index (χ2v) is 4.25. The van der Waals surface area contributed by atoms with Gasteiger partial charge in [-0.3, -0.25) is 0 Å². The number of hydrogen-bond donors (Lipinski definition) is 2. The first-order valence-corrected chi connectivity index (χ1v) is 5.09. The average molecular weight is 208 g/mol. The van der Waals surface area contributed by atoms with Gasteiger partial charge in [-0.25, -0.2) is 0 Å². The third-order valence-electron chi connectivity index (χ3n) is 3.14. The van der Waals surface area contributed by atoms with E-state index in [4.69, 9.17) is 0 Å². The zero-order chi connectivity index (χ0) is 10.2. The Morgan fingerprint density at radius 1 is 1.36 bits per heavy atom. The number of alkyl halides is 3. The molecule has 2 aliphatic rings. The van der Waals surface area contributed by atoms with Crippen LogP contribution in [-0.4, -0.2) is 30.8 Å². The maximum absolute atomic E-state index is 12.5. The molecule has 0 aromatic heterocycles. The van der Waals surface area contributed by atoms with Crippen LogP contribution in [0, 0.1) is 0 Å². The molecular formula is C9H15F3N2. The van der Waals surface area contributed by atoms with Crippen LogP contribution >= 0.6 is 0 Å². The van der Waals surface area contributed by atoms with Crippen molar-refractivity contribution in [1.29, 1.82) is 0 Å². The summed E-state index contributed by atoms with van der Waals surface area (Å²) in [6, 6.07) is 0.231. The Bertz CT molecular complexity index is 205. The minimum Gasteiger partial charge on any atom is -0.313 e. The summed E-state index contributed by atoms with van der Waals surface area (Å²) in [5.41, 5.74) is -1.54. The molecule has 0 spiro atoms. The summed E-state index contributed by atoms with van der Waals surface area (Å²) in [4.78, 5) is 0. The third-order valence-corrected chi connectivity index (χ3v) is 3.14. The Morgan fingerprint density at radius 3 is 2.50 bits per heavy atom. The number of hydrogen-bond acceptors (Lipinski definition) is 2. The average Bonchev–Trinajstić information content (AvgIpc) is 2.72. The molecular weight excluding hydrogens is 193 g/mol. The molecule has 5 heteroatoms. The second kappa shape index (κ2) is 3.38. The lowest BCUT2D eigenvalue weighted by Crippen LogP contribution is -2.49. The van der Waals surface area contributed by atoms with Gasteiger partial charge in [0.1, 0.15) is 5.54 Å². The molecule has 1 saturated carbocycles. The smallest absolute Gasteiger partial charge is 0.313 e. The lowest BCUT2D eigenvalue weighted by molar-refractivity contribution is -0.165. The fraction of sp³-hybridized carbons (Fsp3) is 1.00. The molecule has 0 aromatic carbocycles. The molecule has 0 amide bonds. The summed E-state index contributed by atoms with van der Waals surface area (Å²) in [5, 5.41) is 5.84. The van der Waals surface area contributed by atoms with E-state index in [1.54, 1.807) is 0 Å². The van der Waals surface area contributed by atoms with Crippen molar-refractivity contribution >= 4 is 0 Å². The molecule has 0 radical (unpaired) electrons. The van der Waals surface area contributed by atoms with Crippen LogP contribution in [0.2, 0.25) is 0 Å². The van der Waals surface area contributed by atoms with Crippen LogP contribution in [0.4, 0.5) is 13.2 Å². The largest absolute Gasteiger partial charge is 0.406 e. The molecule has 82 valence electrons. The first kappa shape index (κ1) is 10.2. The first-order chi connectivity index (χ1) is 6.54. The Kier molecular flexibility index (Phi) is 2.47. The van der Waals surface area contributed by atoms with E-state index in [-0.39, 0.29) is 18.9 Å². The topological polar surface area (TPSA) is 24.1 Å². The molecule has 1 heterocycles. The van der Waals surface area contributed by atoms with Crippen molar-refractivity contribution in [3.8, 4) is 0 Å². The molecule has 1 unspecified atom stereocenters. The van der Waals surface area contributed by atoms with E-state index in [2.05, 4.69) is 10.6 Å². The first-order valence-electron chi connectivity index (χ1n) is 5.09. The van der Waals surface area contributed by atoms with Gasteiger partial charge in [0.15, 0.2) is 0 Å². The van der Waals surface area contributed by atoms with E-state index in [0.29, 0.717) is 6.54 Å². The van der Waals surface area contributed by atoms with Crippen molar-refractivity contribution in [1.82, 2.24) is 10.6 Å². The van der Waals surface area contributed by atoms with Gasteiger partial charge in [0.2, 0.25) is 0 Å². The molecule has 2 rings (SSSR count). The van der Waals surface area contributed by atoms with Crippen molar-refractivity contribution in [2.45, 2.75) is 43.4 Å². The lowest BCUT2D eigenvalue weighted by Gasteiger charge is -2.22. The van der Waals surface area contributed by atoms with Crippen molar-refractivity contribution in [2.75, 3.05) is 13.1 Å². The van der Waals surface area contributed by atoms with Crippen LogP contribution in [-0.2, 0) is 0 Å². The predicted octanol–water partition coefficient (Wildman–Crippen LogP) is 1.42. The van der Waals surface area contributed by atoms with E-state index in [0.717, 1.165) is 19.4 Å². The molecule has 1 aliphatic heterocycles. The van der Waals surface area contributed by atoms with Gasteiger partial charge in [-0.05, 0) is 32.2 Å². The van der Waals surface area contributed by atoms with Crippen molar-refractivity contribution in [3.63, 3.8) is 0 Å². The predicted molar refractivity (Wildman–Crippen MR) is 47.0 cm³/mol. The molecule has 0 aromatic rings. The molecule has 14 heavy (non-hydrogen) atoms.